The van der Waals surface area contributed by atoms with Gasteiger partial charge in [-0.25, -0.2) is 14.2 Å². The highest BCUT2D eigenvalue weighted by Crippen LogP contribution is 2.25. The Morgan fingerprint density at radius 2 is 2.11 bits per heavy atom. The van der Waals surface area contributed by atoms with Crippen LogP contribution in [0.15, 0.2) is 23.1 Å². The van der Waals surface area contributed by atoms with E-state index in [-0.39, 0.29) is 22.6 Å². The standard InChI is InChI=1S/C19H20FN3O4/c1-4-22-10-14(19(26)27-3)17(25)13-9-15(20)16(21-18(13)22)12-5-7-23(8-6-12)11(2)24/h5,9-10H,4,6-8H2,1-3H3. The van der Waals surface area contributed by atoms with Gasteiger partial charge in [-0.3, -0.25) is 9.59 Å². The molecule has 7 nitrogen and oxygen atoms in total. The van der Waals surface area contributed by atoms with Gasteiger partial charge in [-0.1, -0.05) is 6.08 Å². The highest BCUT2D eigenvalue weighted by atomic mass is 19.1. The van der Waals surface area contributed by atoms with E-state index < -0.39 is 17.2 Å². The zero-order valence-electron chi connectivity index (χ0n) is 15.4. The minimum absolute atomic E-state index is 0.0303. The maximum absolute atomic E-state index is 14.7. The van der Waals surface area contributed by atoms with Crippen LogP contribution in [0.25, 0.3) is 16.6 Å². The van der Waals surface area contributed by atoms with Crippen LogP contribution >= 0.6 is 0 Å². The Kier molecular flexibility index (Phi) is 5.07. The quantitative estimate of drug-likeness (QED) is 0.769. The molecule has 0 fully saturated rings. The molecule has 0 aromatic carbocycles. The van der Waals surface area contributed by atoms with E-state index in [1.54, 1.807) is 15.5 Å². The van der Waals surface area contributed by atoms with Crippen LogP contribution < -0.4 is 5.43 Å². The van der Waals surface area contributed by atoms with Gasteiger partial charge in [0.05, 0.1) is 12.5 Å². The van der Waals surface area contributed by atoms with Crippen molar-refractivity contribution in [3.63, 3.8) is 0 Å². The molecule has 1 aliphatic rings. The second-order valence-electron chi connectivity index (χ2n) is 6.28. The zero-order chi connectivity index (χ0) is 19.7. The fraction of sp³-hybridized carbons (Fsp3) is 0.368. The molecule has 0 atom stereocenters. The molecule has 3 heterocycles. The normalized spacial score (nSPS) is 14.2. The molecular formula is C19H20FN3O4. The molecule has 0 aliphatic carbocycles. The summed E-state index contributed by atoms with van der Waals surface area (Å²) in [6.45, 7) is 4.65. The summed E-state index contributed by atoms with van der Waals surface area (Å²) >= 11 is 0. The van der Waals surface area contributed by atoms with Gasteiger partial charge in [0, 0.05) is 32.8 Å². The number of carbonyl (C=O) groups is 2. The second-order valence-corrected chi connectivity index (χ2v) is 6.28. The first-order chi connectivity index (χ1) is 12.9. The highest BCUT2D eigenvalue weighted by Gasteiger charge is 2.22. The van der Waals surface area contributed by atoms with Gasteiger partial charge < -0.3 is 14.2 Å². The largest absolute Gasteiger partial charge is 0.465 e. The third-order valence-corrected chi connectivity index (χ3v) is 4.71. The Morgan fingerprint density at radius 1 is 1.37 bits per heavy atom. The number of pyridine rings is 2. The molecule has 2 aromatic heterocycles. The first-order valence-electron chi connectivity index (χ1n) is 8.64. The van der Waals surface area contributed by atoms with E-state index in [9.17, 15) is 18.8 Å². The summed E-state index contributed by atoms with van der Waals surface area (Å²) in [5.41, 5.74) is 0.397. The van der Waals surface area contributed by atoms with Crippen LogP contribution in [-0.2, 0) is 16.1 Å². The van der Waals surface area contributed by atoms with Crippen molar-refractivity contribution in [1.29, 1.82) is 0 Å². The molecule has 0 N–H and O–H groups in total. The summed E-state index contributed by atoms with van der Waals surface area (Å²) in [5, 5.41) is 0.0303. The number of methoxy groups -OCH3 is 1. The van der Waals surface area contributed by atoms with Gasteiger partial charge in [-0.15, -0.1) is 0 Å². The summed E-state index contributed by atoms with van der Waals surface area (Å²) in [4.78, 5) is 41.9. The lowest BCUT2D eigenvalue weighted by Gasteiger charge is -2.25. The van der Waals surface area contributed by atoms with Crippen molar-refractivity contribution >= 4 is 28.5 Å². The van der Waals surface area contributed by atoms with E-state index >= 15 is 0 Å². The number of hydrogen-bond acceptors (Lipinski definition) is 5. The Balaban J connectivity index is 2.16. The average Bonchev–Trinajstić information content (AvgIpc) is 2.67. The number of hydrogen-bond donors (Lipinski definition) is 0. The topological polar surface area (TPSA) is 81.5 Å². The van der Waals surface area contributed by atoms with Gasteiger partial charge >= 0.3 is 5.97 Å². The number of carbonyl (C=O) groups excluding carboxylic acids is 2. The lowest BCUT2D eigenvalue weighted by atomic mass is 10.0. The molecule has 3 rings (SSSR count). The first-order valence-corrected chi connectivity index (χ1v) is 8.64. The van der Waals surface area contributed by atoms with Gasteiger partial charge in [0.25, 0.3) is 0 Å². The van der Waals surface area contributed by atoms with E-state index in [2.05, 4.69) is 9.72 Å². The van der Waals surface area contributed by atoms with Crippen molar-refractivity contribution in [1.82, 2.24) is 14.5 Å². The molecule has 142 valence electrons. The summed E-state index contributed by atoms with van der Waals surface area (Å²) in [6, 6.07) is 1.12. The van der Waals surface area contributed by atoms with Crippen LogP contribution in [0, 0.1) is 5.82 Å². The molecule has 27 heavy (non-hydrogen) atoms. The fourth-order valence-corrected chi connectivity index (χ4v) is 3.18. The van der Waals surface area contributed by atoms with Crippen LogP contribution in [0.2, 0.25) is 0 Å². The summed E-state index contributed by atoms with van der Waals surface area (Å²) in [6.07, 6.45) is 3.64. The number of aromatic nitrogens is 2. The number of aryl methyl sites for hydroxylation is 1. The molecule has 0 radical (unpaired) electrons. The molecule has 0 unspecified atom stereocenters. The summed E-state index contributed by atoms with van der Waals surface area (Å²) < 4.78 is 21.0. The number of rotatable bonds is 3. The van der Waals surface area contributed by atoms with Crippen LogP contribution in [0.1, 0.15) is 36.3 Å². The smallest absolute Gasteiger partial charge is 0.343 e. The summed E-state index contributed by atoms with van der Waals surface area (Å²) in [7, 11) is 1.18. The van der Waals surface area contributed by atoms with Gasteiger partial charge in [0.2, 0.25) is 11.3 Å². The van der Waals surface area contributed by atoms with Crippen LogP contribution in [0.4, 0.5) is 4.39 Å². The lowest BCUT2D eigenvalue weighted by Crippen LogP contribution is -2.32. The van der Waals surface area contributed by atoms with Gasteiger partial charge in [-0.2, -0.15) is 0 Å². The maximum atomic E-state index is 14.7. The number of esters is 1. The van der Waals surface area contributed by atoms with Crippen molar-refractivity contribution in [3.8, 4) is 0 Å². The minimum Gasteiger partial charge on any atom is -0.465 e. The maximum Gasteiger partial charge on any atom is 0.343 e. The number of amides is 1. The molecule has 1 amide bonds. The molecular weight excluding hydrogens is 353 g/mol. The number of ether oxygens (including phenoxy) is 1. The Morgan fingerprint density at radius 3 is 2.67 bits per heavy atom. The average molecular weight is 373 g/mol. The van der Waals surface area contributed by atoms with Crippen molar-refractivity contribution in [2.45, 2.75) is 26.8 Å². The van der Waals surface area contributed by atoms with Crippen LogP contribution in [-0.4, -0.2) is 46.5 Å². The first kappa shape index (κ1) is 18.8. The third-order valence-electron chi connectivity index (χ3n) is 4.71. The monoisotopic (exact) mass is 373 g/mol. The molecule has 0 saturated carbocycles. The predicted octanol–water partition coefficient (Wildman–Crippen LogP) is 1.98. The van der Waals surface area contributed by atoms with E-state index in [0.717, 1.165) is 6.07 Å². The summed E-state index contributed by atoms with van der Waals surface area (Å²) in [5.74, 6) is -1.44. The molecule has 0 saturated heterocycles. The van der Waals surface area contributed by atoms with Gasteiger partial charge in [-0.05, 0) is 25.0 Å². The van der Waals surface area contributed by atoms with Crippen molar-refractivity contribution in [2.75, 3.05) is 20.2 Å². The highest BCUT2D eigenvalue weighted by molar-refractivity contribution is 5.93. The van der Waals surface area contributed by atoms with E-state index in [4.69, 9.17) is 0 Å². The number of nitrogens with zero attached hydrogens (tertiary/aromatic N) is 3. The Labute approximate surface area is 155 Å². The lowest BCUT2D eigenvalue weighted by molar-refractivity contribution is -0.128. The van der Waals surface area contributed by atoms with Crippen molar-refractivity contribution in [3.05, 3.63) is 45.6 Å². The van der Waals surface area contributed by atoms with E-state index in [0.29, 0.717) is 37.3 Å². The van der Waals surface area contributed by atoms with Gasteiger partial charge in [0.15, 0.2) is 0 Å². The van der Waals surface area contributed by atoms with E-state index in [1.165, 1.54) is 20.2 Å². The second kappa shape index (κ2) is 7.30. The number of fused-ring (bicyclic) bond motifs is 1. The van der Waals surface area contributed by atoms with Crippen LogP contribution in [0.3, 0.4) is 0 Å². The molecule has 1 aliphatic heterocycles. The van der Waals surface area contributed by atoms with Crippen molar-refractivity contribution < 1.29 is 18.7 Å². The van der Waals surface area contributed by atoms with E-state index in [1.807, 2.05) is 6.92 Å². The molecule has 2 aromatic rings. The third kappa shape index (κ3) is 3.34. The molecule has 0 spiro atoms. The Bertz CT molecular complexity index is 1030. The molecule has 0 bridgehead atoms. The van der Waals surface area contributed by atoms with Crippen LogP contribution in [0.5, 0.6) is 0 Å². The Hall–Kier alpha value is -3.03. The predicted molar refractivity (Wildman–Crippen MR) is 97.8 cm³/mol. The van der Waals surface area contributed by atoms with Gasteiger partial charge in [0.1, 0.15) is 22.7 Å². The fourth-order valence-electron chi connectivity index (χ4n) is 3.18. The van der Waals surface area contributed by atoms with Crippen molar-refractivity contribution in [2.24, 2.45) is 0 Å². The molecule has 8 heteroatoms. The minimum atomic E-state index is -0.770. The zero-order valence-corrected chi connectivity index (χ0v) is 15.4. The SMILES string of the molecule is CCn1cc(C(=O)OC)c(=O)c2cc(F)c(C3=CCN(C(C)=O)CC3)nc21. The number of halogens is 1.